The average molecular weight is 228 g/mol. The van der Waals surface area contributed by atoms with Crippen LogP contribution in [-0.4, -0.2) is 17.3 Å². The summed E-state index contributed by atoms with van der Waals surface area (Å²) >= 11 is 3.94. The second-order valence-corrected chi connectivity index (χ2v) is 6.02. The van der Waals surface area contributed by atoms with Crippen molar-refractivity contribution < 1.29 is 0 Å². The number of hydrogen-bond acceptors (Lipinski definition) is 4. The van der Waals surface area contributed by atoms with Gasteiger partial charge in [0.2, 0.25) is 0 Å². The summed E-state index contributed by atoms with van der Waals surface area (Å²) in [5, 5.41) is 2.02. The minimum absolute atomic E-state index is 0.687. The summed E-state index contributed by atoms with van der Waals surface area (Å²) < 4.78 is 0. The molecule has 1 aliphatic heterocycles. The number of thioether (sulfide) groups is 1. The van der Waals surface area contributed by atoms with Crippen molar-refractivity contribution in [1.82, 2.24) is 4.98 Å². The fourth-order valence-corrected chi connectivity index (χ4v) is 4.11. The lowest BCUT2D eigenvalue weighted by atomic mass is 10.3. The van der Waals surface area contributed by atoms with E-state index < -0.39 is 0 Å². The molecule has 1 unspecified atom stereocenters. The smallest absolute Gasteiger partial charge is 0.106 e. The molecule has 1 atom stereocenters. The largest absolute Gasteiger partial charge is 0.330 e. The van der Waals surface area contributed by atoms with Gasteiger partial charge in [-0.05, 0) is 38.0 Å². The van der Waals surface area contributed by atoms with Gasteiger partial charge in [-0.3, -0.25) is 0 Å². The molecule has 0 radical (unpaired) electrons. The van der Waals surface area contributed by atoms with E-state index in [0.717, 1.165) is 19.4 Å². The Balaban J connectivity index is 1.94. The monoisotopic (exact) mass is 228 g/mol. The molecule has 0 aliphatic carbocycles. The van der Waals surface area contributed by atoms with E-state index >= 15 is 0 Å². The fraction of sp³-hybridized carbons (Fsp3) is 0.700. The molecule has 1 aliphatic rings. The molecule has 1 aromatic heterocycles. The van der Waals surface area contributed by atoms with Crippen LogP contribution < -0.4 is 5.73 Å². The van der Waals surface area contributed by atoms with Crippen molar-refractivity contribution in [2.75, 3.05) is 12.3 Å². The van der Waals surface area contributed by atoms with Crippen LogP contribution in [0.3, 0.4) is 0 Å². The number of aryl methyl sites for hydroxylation is 1. The van der Waals surface area contributed by atoms with Crippen molar-refractivity contribution in [3.05, 3.63) is 16.1 Å². The lowest BCUT2D eigenvalue weighted by Gasteiger charge is -2.01. The molecule has 2 heterocycles. The summed E-state index contributed by atoms with van der Waals surface area (Å²) in [5.41, 5.74) is 5.49. The summed E-state index contributed by atoms with van der Waals surface area (Å²) in [7, 11) is 0. The Morgan fingerprint density at radius 3 is 3.21 bits per heavy atom. The zero-order chi connectivity index (χ0) is 9.80. The van der Waals surface area contributed by atoms with Gasteiger partial charge < -0.3 is 5.73 Å². The minimum Gasteiger partial charge on any atom is -0.330 e. The third-order valence-corrected chi connectivity index (χ3v) is 5.11. The van der Waals surface area contributed by atoms with Gasteiger partial charge in [-0.1, -0.05) is 0 Å². The Kier molecular flexibility index (Phi) is 3.84. The van der Waals surface area contributed by atoms with E-state index in [1.54, 1.807) is 0 Å². The van der Waals surface area contributed by atoms with Crippen molar-refractivity contribution in [3.8, 4) is 0 Å². The van der Waals surface area contributed by atoms with E-state index in [9.17, 15) is 0 Å². The molecule has 14 heavy (non-hydrogen) atoms. The van der Waals surface area contributed by atoms with Crippen LogP contribution >= 0.6 is 23.1 Å². The Morgan fingerprint density at radius 2 is 2.50 bits per heavy atom. The van der Waals surface area contributed by atoms with Gasteiger partial charge in [0.25, 0.3) is 0 Å². The average Bonchev–Trinajstić information content (AvgIpc) is 2.85. The first-order valence-electron chi connectivity index (χ1n) is 5.16. The third-order valence-electron chi connectivity index (χ3n) is 2.40. The Morgan fingerprint density at radius 1 is 1.57 bits per heavy atom. The lowest BCUT2D eigenvalue weighted by molar-refractivity contribution is 0.822. The normalized spacial score (nSPS) is 21.6. The maximum absolute atomic E-state index is 5.49. The van der Waals surface area contributed by atoms with Gasteiger partial charge in [0, 0.05) is 11.1 Å². The molecule has 2 rings (SSSR count). The Bertz CT molecular complexity index is 279. The highest BCUT2D eigenvalue weighted by atomic mass is 32.2. The standard InChI is InChI=1S/C10H16N2S2/c11-5-1-3-8-7-12-10(14-8)9-4-2-6-13-9/h7,9H,1-6,11H2. The number of nitrogens with two attached hydrogens (primary N) is 1. The van der Waals surface area contributed by atoms with Crippen LogP contribution in [0.4, 0.5) is 0 Å². The molecule has 0 spiro atoms. The van der Waals surface area contributed by atoms with E-state index in [0.29, 0.717) is 5.25 Å². The Labute approximate surface area is 93.3 Å². The highest BCUT2D eigenvalue weighted by Gasteiger charge is 2.20. The number of hydrogen-bond donors (Lipinski definition) is 1. The second kappa shape index (κ2) is 5.14. The number of aromatic nitrogens is 1. The SMILES string of the molecule is NCCCc1cnc(C2CCCS2)s1. The fourth-order valence-electron chi connectivity index (χ4n) is 1.64. The molecule has 4 heteroatoms. The molecule has 0 aromatic carbocycles. The predicted molar refractivity (Wildman–Crippen MR) is 63.9 cm³/mol. The van der Waals surface area contributed by atoms with Crippen LogP contribution in [0.15, 0.2) is 6.20 Å². The van der Waals surface area contributed by atoms with E-state index in [2.05, 4.69) is 16.7 Å². The van der Waals surface area contributed by atoms with E-state index in [1.165, 1.54) is 28.5 Å². The van der Waals surface area contributed by atoms with Crippen LogP contribution in [0, 0.1) is 0 Å². The van der Waals surface area contributed by atoms with Crippen molar-refractivity contribution in [3.63, 3.8) is 0 Å². The van der Waals surface area contributed by atoms with E-state index in [-0.39, 0.29) is 0 Å². The van der Waals surface area contributed by atoms with Crippen molar-refractivity contribution in [1.29, 1.82) is 0 Å². The van der Waals surface area contributed by atoms with Crippen LogP contribution in [0.5, 0.6) is 0 Å². The zero-order valence-electron chi connectivity index (χ0n) is 8.24. The number of rotatable bonds is 4. The van der Waals surface area contributed by atoms with Crippen molar-refractivity contribution in [2.24, 2.45) is 5.73 Å². The summed E-state index contributed by atoms with van der Waals surface area (Å²) in [5.74, 6) is 1.31. The summed E-state index contributed by atoms with van der Waals surface area (Å²) in [4.78, 5) is 5.91. The van der Waals surface area contributed by atoms with E-state index in [4.69, 9.17) is 5.73 Å². The van der Waals surface area contributed by atoms with Gasteiger partial charge in [0.05, 0.1) is 5.25 Å². The molecule has 1 saturated heterocycles. The van der Waals surface area contributed by atoms with E-state index in [1.807, 2.05) is 17.5 Å². The topological polar surface area (TPSA) is 38.9 Å². The molecule has 1 aromatic rings. The van der Waals surface area contributed by atoms with Gasteiger partial charge >= 0.3 is 0 Å². The van der Waals surface area contributed by atoms with Crippen molar-refractivity contribution in [2.45, 2.75) is 30.9 Å². The van der Waals surface area contributed by atoms with Gasteiger partial charge in [-0.15, -0.1) is 11.3 Å². The first kappa shape index (κ1) is 10.5. The highest BCUT2D eigenvalue weighted by molar-refractivity contribution is 7.99. The van der Waals surface area contributed by atoms with Crippen molar-refractivity contribution >= 4 is 23.1 Å². The Hall–Kier alpha value is -0.0600. The van der Waals surface area contributed by atoms with Gasteiger partial charge in [-0.2, -0.15) is 11.8 Å². The molecular weight excluding hydrogens is 212 g/mol. The molecule has 0 bridgehead atoms. The maximum Gasteiger partial charge on any atom is 0.106 e. The molecule has 78 valence electrons. The molecular formula is C10H16N2S2. The van der Waals surface area contributed by atoms with Gasteiger partial charge in [-0.25, -0.2) is 4.98 Å². The lowest BCUT2D eigenvalue weighted by Crippen LogP contribution is -1.99. The predicted octanol–water partition coefficient (Wildman–Crippen LogP) is 2.60. The maximum atomic E-state index is 5.49. The van der Waals surface area contributed by atoms with Crippen LogP contribution in [0.2, 0.25) is 0 Å². The quantitative estimate of drug-likeness (QED) is 0.861. The first-order valence-corrected chi connectivity index (χ1v) is 7.03. The minimum atomic E-state index is 0.687. The van der Waals surface area contributed by atoms with Gasteiger partial charge in [0.1, 0.15) is 5.01 Å². The van der Waals surface area contributed by atoms with Crippen LogP contribution in [0.1, 0.15) is 34.4 Å². The molecule has 2 nitrogen and oxygen atoms in total. The highest BCUT2D eigenvalue weighted by Crippen LogP contribution is 2.41. The number of nitrogens with zero attached hydrogens (tertiary/aromatic N) is 1. The second-order valence-electron chi connectivity index (χ2n) is 3.56. The molecule has 0 saturated carbocycles. The molecule has 1 fully saturated rings. The third kappa shape index (κ3) is 2.49. The van der Waals surface area contributed by atoms with Crippen LogP contribution in [-0.2, 0) is 6.42 Å². The summed E-state index contributed by atoms with van der Waals surface area (Å²) in [6.07, 6.45) is 6.89. The zero-order valence-corrected chi connectivity index (χ0v) is 9.87. The van der Waals surface area contributed by atoms with Gasteiger partial charge in [0.15, 0.2) is 0 Å². The molecule has 0 amide bonds. The summed E-state index contributed by atoms with van der Waals surface area (Å²) in [6, 6.07) is 0. The number of thiazole rings is 1. The first-order chi connectivity index (χ1) is 6.90. The molecule has 2 N–H and O–H groups in total. The summed E-state index contributed by atoms with van der Waals surface area (Å²) in [6.45, 7) is 0.783. The van der Waals surface area contributed by atoms with Crippen LogP contribution in [0.25, 0.3) is 0 Å².